The van der Waals surface area contributed by atoms with E-state index in [0.29, 0.717) is 34.6 Å². The quantitative estimate of drug-likeness (QED) is 0.427. The number of hydrogen-bond acceptors (Lipinski definition) is 7. The summed E-state index contributed by atoms with van der Waals surface area (Å²) in [5, 5.41) is 11.2. The highest BCUT2D eigenvalue weighted by Gasteiger charge is 2.22. The Bertz CT molecular complexity index is 1460. The van der Waals surface area contributed by atoms with Crippen LogP contribution in [0.2, 0.25) is 5.02 Å². The van der Waals surface area contributed by atoms with E-state index in [1.165, 1.54) is 6.33 Å². The highest BCUT2D eigenvalue weighted by molar-refractivity contribution is 6.33. The summed E-state index contributed by atoms with van der Waals surface area (Å²) in [7, 11) is 0. The van der Waals surface area contributed by atoms with Gasteiger partial charge in [-0.15, -0.1) is 0 Å². The molecule has 0 radical (unpaired) electrons. The average Bonchev–Trinajstić information content (AvgIpc) is 3.53. The van der Waals surface area contributed by atoms with Crippen LogP contribution in [0, 0.1) is 0 Å². The van der Waals surface area contributed by atoms with Gasteiger partial charge in [0.15, 0.2) is 11.5 Å². The molecule has 1 fully saturated rings. The van der Waals surface area contributed by atoms with E-state index < -0.39 is 0 Å². The minimum atomic E-state index is -0.0409. The van der Waals surface area contributed by atoms with Crippen molar-refractivity contribution >= 4 is 40.3 Å². The molecule has 4 aromatic rings. The van der Waals surface area contributed by atoms with E-state index in [1.54, 1.807) is 10.7 Å². The third-order valence-electron chi connectivity index (χ3n) is 7.00. The first-order valence-corrected chi connectivity index (χ1v) is 12.5. The molecule has 2 aromatic heterocycles. The minimum Gasteiger partial charge on any atom is -0.369 e. The molecule has 4 heterocycles. The Labute approximate surface area is 214 Å². The molecule has 1 saturated heterocycles. The summed E-state index contributed by atoms with van der Waals surface area (Å²) in [5.74, 6) is 0.523. The SMILES string of the molecule is CC(C)N1CCN(c2ccc(Nc3ncc(-c4ccc5c(c4)CNC5=O)n4ncnc34)c(Cl)c2)CC1. The maximum absolute atomic E-state index is 11.9. The van der Waals surface area contributed by atoms with Crippen LogP contribution >= 0.6 is 11.6 Å². The molecular weight excluding hydrogens is 476 g/mol. The van der Waals surface area contributed by atoms with Crippen molar-refractivity contribution in [1.29, 1.82) is 0 Å². The molecule has 2 aliphatic heterocycles. The number of carbonyl (C=O) groups is 1. The maximum atomic E-state index is 11.9. The Hall–Kier alpha value is -3.69. The Kier molecular flexibility index (Phi) is 5.73. The van der Waals surface area contributed by atoms with Crippen molar-refractivity contribution in [1.82, 2.24) is 29.8 Å². The van der Waals surface area contributed by atoms with Crippen LogP contribution in [-0.4, -0.2) is 62.6 Å². The summed E-state index contributed by atoms with van der Waals surface area (Å²) < 4.78 is 1.75. The number of benzene rings is 2. The number of piperazine rings is 1. The fourth-order valence-corrected chi connectivity index (χ4v) is 5.14. The molecule has 0 aliphatic carbocycles. The average molecular weight is 503 g/mol. The van der Waals surface area contributed by atoms with E-state index in [4.69, 9.17) is 11.6 Å². The van der Waals surface area contributed by atoms with Crippen LogP contribution < -0.4 is 15.5 Å². The zero-order valence-electron chi connectivity index (χ0n) is 20.2. The third kappa shape index (κ3) is 4.04. The van der Waals surface area contributed by atoms with Crippen LogP contribution in [0.4, 0.5) is 17.2 Å². The molecule has 0 saturated carbocycles. The third-order valence-corrected chi connectivity index (χ3v) is 7.32. The first-order chi connectivity index (χ1) is 17.5. The molecule has 2 aromatic carbocycles. The minimum absolute atomic E-state index is 0.0409. The number of nitrogens with one attached hydrogen (secondary N) is 2. The predicted octanol–water partition coefficient (Wildman–Crippen LogP) is 3.96. The van der Waals surface area contributed by atoms with Crippen molar-refractivity contribution in [3.63, 3.8) is 0 Å². The molecule has 2 N–H and O–H groups in total. The predicted molar refractivity (Wildman–Crippen MR) is 141 cm³/mol. The van der Waals surface area contributed by atoms with E-state index in [2.05, 4.69) is 55.4 Å². The van der Waals surface area contributed by atoms with Crippen molar-refractivity contribution < 1.29 is 4.79 Å². The van der Waals surface area contributed by atoms with Gasteiger partial charge in [0.05, 0.1) is 22.6 Å². The van der Waals surface area contributed by atoms with Gasteiger partial charge in [-0.25, -0.2) is 14.5 Å². The smallest absolute Gasteiger partial charge is 0.251 e. The molecule has 9 nitrogen and oxygen atoms in total. The summed E-state index contributed by atoms with van der Waals surface area (Å²) in [4.78, 5) is 25.8. The number of amides is 1. The second-order valence-corrected chi connectivity index (χ2v) is 9.86. The van der Waals surface area contributed by atoms with Crippen molar-refractivity contribution in [3.05, 3.63) is 65.1 Å². The number of anilines is 3. The van der Waals surface area contributed by atoms with Gasteiger partial charge in [0.1, 0.15) is 6.33 Å². The van der Waals surface area contributed by atoms with Gasteiger partial charge >= 0.3 is 0 Å². The lowest BCUT2D eigenvalue weighted by Crippen LogP contribution is -2.48. The molecular formula is C26H27ClN8O. The van der Waals surface area contributed by atoms with E-state index in [-0.39, 0.29) is 5.91 Å². The second kappa shape index (κ2) is 9.07. The van der Waals surface area contributed by atoms with Gasteiger partial charge in [0.25, 0.3) is 5.91 Å². The van der Waals surface area contributed by atoms with E-state index in [1.807, 2.05) is 30.3 Å². The normalized spacial score (nSPS) is 16.0. The fourth-order valence-electron chi connectivity index (χ4n) is 4.92. The van der Waals surface area contributed by atoms with Gasteiger partial charge in [-0.1, -0.05) is 17.7 Å². The van der Waals surface area contributed by atoms with Gasteiger partial charge in [0, 0.05) is 55.6 Å². The van der Waals surface area contributed by atoms with E-state index in [0.717, 1.165) is 54.4 Å². The zero-order valence-corrected chi connectivity index (χ0v) is 21.0. The molecule has 0 bridgehead atoms. The molecule has 0 spiro atoms. The zero-order chi connectivity index (χ0) is 24.8. The van der Waals surface area contributed by atoms with E-state index >= 15 is 0 Å². The second-order valence-electron chi connectivity index (χ2n) is 9.45. The molecule has 184 valence electrons. The highest BCUT2D eigenvalue weighted by Crippen LogP contribution is 2.32. The molecule has 0 unspecified atom stereocenters. The maximum Gasteiger partial charge on any atom is 0.251 e. The topological polar surface area (TPSA) is 90.7 Å². The number of carbonyl (C=O) groups excluding carboxylic acids is 1. The lowest BCUT2D eigenvalue weighted by Gasteiger charge is -2.38. The number of halogens is 1. The van der Waals surface area contributed by atoms with Crippen LogP contribution in [0.3, 0.4) is 0 Å². The molecule has 0 atom stereocenters. The fraction of sp³-hybridized carbons (Fsp3) is 0.308. The first kappa shape index (κ1) is 22.8. The van der Waals surface area contributed by atoms with E-state index in [9.17, 15) is 4.79 Å². The first-order valence-electron chi connectivity index (χ1n) is 12.1. The van der Waals surface area contributed by atoms with Crippen molar-refractivity contribution in [2.75, 3.05) is 36.4 Å². The van der Waals surface area contributed by atoms with Crippen LogP contribution in [0.1, 0.15) is 29.8 Å². The largest absolute Gasteiger partial charge is 0.369 e. The molecule has 10 heteroatoms. The van der Waals surface area contributed by atoms with Crippen molar-refractivity contribution in [3.8, 4) is 11.3 Å². The number of fused-ring (bicyclic) bond motifs is 2. The van der Waals surface area contributed by atoms with Crippen LogP contribution in [0.15, 0.2) is 48.9 Å². The van der Waals surface area contributed by atoms with Gasteiger partial charge < -0.3 is 15.5 Å². The number of aromatic nitrogens is 4. The Balaban J connectivity index is 1.25. The monoisotopic (exact) mass is 502 g/mol. The molecule has 6 rings (SSSR count). The molecule has 2 aliphatic rings. The number of hydrogen-bond donors (Lipinski definition) is 2. The Morgan fingerprint density at radius 2 is 1.89 bits per heavy atom. The number of rotatable bonds is 5. The van der Waals surface area contributed by atoms with Crippen LogP contribution in [-0.2, 0) is 6.54 Å². The van der Waals surface area contributed by atoms with Gasteiger partial charge in [0.2, 0.25) is 0 Å². The molecule has 1 amide bonds. The lowest BCUT2D eigenvalue weighted by molar-refractivity contribution is 0.0965. The van der Waals surface area contributed by atoms with Crippen LogP contribution in [0.25, 0.3) is 16.9 Å². The van der Waals surface area contributed by atoms with Gasteiger partial charge in [-0.05, 0) is 49.7 Å². The lowest BCUT2D eigenvalue weighted by atomic mass is 10.0. The summed E-state index contributed by atoms with van der Waals surface area (Å²) in [5.41, 5.74) is 5.84. The van der Waals surface area contributed by atoms with Crippen molar-refractivity contribution in [2.24, 2.45) is 0 Å². The summed E-state index contributed by atoms with van der Waals surface area (Å²) in [6.07, 6.45) is 3.26. The Morgan fingerprint density at radius 3 is 2.67 bits per heavy atom. The standard InChI is InChI=1S/C26H27ClN8O/c1-16(2)33-7-9-34(10-8-33)19-4-6-22(21(27)12-19)32-24-25-30-15-31-35(25)23(14-28-24)17-3-5-20-18(11-17)13-29-26(20)36/h3-6,11-12,14-16H,7-10,13H2,1-2H3,(H,28,32)(H,29,36). The van der Waals surface area contributed by atoms with Crippen LogP contribution in [0.5, 0.6) is 0 Å². The summed E-state index contributed by atoms with van der Waals surface area (Å²) in [6, 6.07) is 12.4. The van der Waals surface area contributed by atoms with Gasteiger partial charge in [-0.3, -0.25) is 9.69 Å². The Morgan fingerprint density at radius 1 is 1.06 bits per heavy atom. The summed E-state index contributed by atoms with van der Waals surface area (Å²) >= 11 is 6.69. The van der Waals surface area contributed by atoms with Gasteiger partial charge in [-0.2, -0.15) is 5.10 Å². The number of nitrogens with zero attached hydrogens (tertiary/aromatic N) is 6. The highest BCUT2D eigenvalue weighted by atomic mass is 35.5. The van der Waals surface area contributed by atoms with Crippen molar-refractivity contribution in [2.45, 2.75) is 26.4 Å². The summed E-state index contributed by atoms with van der Waals surface area (Å²) in [6.45, 7) is 9.07. The molecule has 36 heavy (non-hydrogen) atoms.